The zero-order valence-corrected chi connectivity index (χ0v) is 12.2. The van der Waals surface area contributed by atoms with Gasteiger partial charge in [0.1, 0.15) is 5.75 Å². The first-order valence-corrected chi connectivity index (χ1v) is 6.72. The van der Waals surface area contributed by atoms with Gasteiger partial charge in [0.2, 0.25) is 11.8 Å². The highest BCUT2D eigenvalue weighted by Crippen LogP contribution is 2.19. The van der Waals surface area contributed by atoms with Crippen molar-refractivity contribution in [2.75, 3.05) is 11.9 Å². The van der Waals surface area contributed by atoms with Crippen molar-refractivity contribution in [2.24, 2.45) is 5.41 Å². The number of benzene rings is 1. The molecule has 1 aromatic carbocycles. The Morgan fingerprint density at radius 3 is 2.35 bits per heavy atom. The highest BCUT2D eigenvalue weighted by molar-refractivity contribution is 5.91. The molecule has 110 valence electrons. The van der Waals surface area contributed by atoms with E-state index < -0.39 is 5.41 Å². The van der Waals surface area contributed by atoms with E-state index in [0.29, 0.717) is 12.2 Å². The van der Waals surface area contributed by atoms with Crippen LogP contribution >= 0.6 is 0 Å². The van der Waals surface area contributed by atoms with Crippen LogP contribution in [0.15, 0.2) is 24.3 Å². The van der Waals surface area contributed by atoms with Gasteiger partial charge in [0.05, 0.1) is 0 Å². The summed E-state index contributed by atoms with van der Waals surface area (Å²) in [5, 5.41) is 14.6. The number of phenolic OH excluding ortho intramolecular Hbond substituents is 1. The largest absolute Gasteiger partial charge is 0.508 e. The van der Waals surface area contributed by atoms with Crippen LogP contribution in [0.5, 0.6) is 5.75 Å². The van der Waals surface area contributed by atoms with Crippen LogP contribution in [0, 0.1) is 5.41 Å². The molecule has 5 nitrogen and oxygen atoms in total. The standard InChI is InChI=1S/C15H22N2O3/c1-4-15(2,3)14(20)16-10-9-13(19)17-11-5-7-12(18)8-6-11/h5-8,18H,4,9-10H2,1-3H3,(H,16,20)(H,17,19). The van der Waals surface area contributed by atoms with E-state index in [0.717, 1.165) is 6.42 Å². The third-order valence-electron chi connectivity index (χ3n) is 3.29. The van der Waals surface area contributed by atoms with Gasteiger partial charge in [0.25, 0.3) is 0 Å². The Labute approximate surface area is 119 Å². The van der Waals surface area contributed by atoms with Gasteiger partial charge in [0, 0.05) is 24.1 Å². The molecule has 5 heteroatoms. The highest BCUT2D eigenvalue weighted by atomic mass is 16.3. The maximum Gasteiger partial charge on any atom is 0.226 e. The van der Waals surface area contributed by atoms with E-state index in [1.54, 1.807) is 12.1 Å². The molecule has 0 aromatic heterocycles. The molecule has 0 unspecified atom stereocenters. The summed E-state index contributed by atoms with van der Waals surface area (Å²) < 4.78 is 0. The minimum atomic E-state index is -0.409. The average molecular weight is 278 g/mol. The Bertz CT molecular complexity index is 467. The van der Waals surface area contributed by atoms with Crippen LogP contribution in [-0.4, -0.2) is 23.5 Å². The van der Waals surface area contributed by atoms with Crippen LogP contribution in [0.4, 0.5) is 5.69 Å². The van der Waals surface area contributed by atoms with Gasteiger partial charge in [-0.2, -0.15) is 0 Å². The molecule has 0 atom stereocenters. The molecule has 0 heterocycles. The van der Waals surface area contributed by atoms with Crippen molar-refractivity contribution in [3.05, 3.63) is 24.3 Å². The van der Waals surface area contributed by atoms with Crippen LogP contribution in [0.2, 0.25) is 0 Å². The maximum atomic E-state index is 11.8. The Balaban J connectivity index is 2.34. The molecule has 0 aliphatic rings. The maximum absolute atomic E-state index is 11.8. The van der Waals surface area contributed by atoms with E-state index in [4.69, 9.17) is 5.11 Å². The minimum absolute atomic E-state index is 0.0440. The van der Waals surface area contributed by atoms with Crippen molar-refractivity contribution in [2.45, 2.75) is 33.6 Å². The van der Waals surface area contributed by atoms with E-state index in [2.05, 4.69) is 10.6 Å². The summed E-state index contributed by atoms with van der Waals surface area (Å²) in [4.78, 5) is 23.5. The summed E-state index contributed by atoms with van der Waals surface area (Å²) in [7, 11) is 0. The van der Waals surface area contributed by atoms with Crippen molar-refractivity contribution in [3.63, 3.8) is 0 Å². The van der Waals surface area contributed by atoms with Gasteiger partial charge in [-0.15, -0.1) is 0 Å². The zero-order valence-electron chi connectivity index (χ0n) is 12.2. The SMILES string of the molecule is CCC(C)(C)C(=O)NCCC(=O)Nc1ccc(O)cc1. The molecular weight excluding hydrogens is 256 g/mol. The lowest BCUT2D eigenvalue weighted by Crippen LogP contribution is -2.37. The molecule has 3 N–H and O–H groups in total. The normalized spacial score (nSPS) is 10.9. The number of rotatable bonds is 6. The second-order valence-electron chi connectivity index (χ2n) is 5.34. The molecule has 0 bridgehead atoms. The van der Waals surface area contributed by atoms with Crippen LogP contribution < -0.4 is 10.6 Å². The van der Waals surface area contributed by atoms with Gasteiger partial charge in [-0.3, -0.25) is 9.59 Å². The van der Waals surface area contributed by atoms with E-state index in [9.17, 15) is 9.59 Å². The summed E-state index contributed by atoms with van der Waals surface area (Å²) in [5.74, 6) is -0.0696. The lowest BCUT2D eigenvalue weighted by atomic mass is 9.89. The number of carbonyl (C=O) groups is 2. The summed E-state index contributed by atoms with van der Waals surface area (Å²) in [6, 6.07) is 6.24. The Hall–Kier alpha value is -2.04. The molecule has 20 heavy (non-hydrogen) atoms. The predicted molar refractivity (Wildman–Crippen MR) is 78.4 cm³/mol. The van der Waals surface area contributed by atoms with E-state index in [-0.39, 0.29) is 24.0 Å². The lowest BCUT2D eigenvalue weighted by molar-refractivity contribution is -0.129. The smallest absolute Gasteiger partial charge is 0.226 e. The number of phenols is 1. The fraction of sp³-hybridized carbons (Fsp3) is 0.467. The van der Waals surface area contributed by atoms with Gasteiger partial charge < -0.3 is 15.7 Å². The first-order valence-electron chi connectivity index (χ1n) is 6.72. The van der Waals surface area contributed by atoms with Gasteiger partial charge in [-0.05, 0) is 30.7 Å². The number of aromatic hydroxyl groups is 1. The van der Waals surface area contributed by atoms with Crippen molar-refractivity contribution in [1.29, 1.82) is 0 Å². The van der Waals surface area contributed by atoms with Crippen LogP contribution in [0.3, 0.4) is 0 Å². The van der Waals surface area contributed by atoms with Gasteiger partial charge in [-0.25, -0.2) is 0 Å². The summed E-state index contributed by atoms with van der Waals surface area (Å²) >= 11 is 0. The molecule has 0 saturated carbocycles. The minimum Gasteiger partial charge on any atom is -0.508 e. The van der Waals surface area contributed by atoms with Crippen molar-refractivity contribution < 1.29 is 14.7 Å². The second kappa shape index (κ2) is 6.93. The first kappa shape index (κ1) is 16.0. The summed E-state index contributed by atoms with van der Waals surface area (Å²) in [5.41, 5.74) is 0.209. The summed E-state index contributed by atoms with van der Waals surface area (Å²) in [6.07, 6.45) is 0.963. The average Bonchev–Trinajstić information content (AvgIpc) is 2.41. The highest BCUT2D eigenvalue weighted by Gasteiger charge is 2.24. The Morgan fingerprint density at radius 2 is 1.80 bits per heavy atom. The molecule has 0 aliphatic heterocycles. The Morgan fingerprint density at radius 1 is 1.20 bits per heavy atom. The monoisotopic (exact) mass is 278 g/mol. The molecule has 0 aliphatic carbocycles. The molecule has 2 amide bonds. The number of carbonyl (C=O) groups excluding carboxylic acids is 2. The number of hydrogen-bond acceptors (Lipinski definition) is 3. The van der Waals surface area contributed by atoms with Gasteiger partial charge in [-0.1, -0.05) is 20.8 Å². The van der Waals surface area contributed by atoms with Crippen LogP contribution in [0.1, 0.15) is 33.6 Å². The van der Waals surface area contributed by atoms with Crippen LogP contribution in [0.25, 0.3) is 0 Å². The molecule has 0 spiro atoms. The molecule has 1 aromatic rings. The van der Waals surface area contributed by atoms with E-state index in [1.807, 2.05) is 20.8 Å². The van der Waals surface area contributed by atoms with Crippen molar-refractivity contribution >= 4 is 17.5 Å². The lowest BCUT2D eigenvalue weighted by Gasteiger charge is -2.21. The first-order chi connectivity index (χ1) is 9.35. The number of hydrogen-bond donors (Lipinski definition) is 3. The van der Waals surface area contributed by atoms with Gasteiger partial charge in [0.15, 0.2) is 0 Å². The topological polar surface area (TPSA) is 78.4 Å². The predicted octanol–water partition coefficient (Wildman–Crippen LogP) is 2.27. The number of anilines is 1. The number of amides is 2. The molecular formula is C15H22N2O3. The van der Waals surface area contributed by atoms with Crippen molar-refractivity contribution in [1.82, 2.24) is 5.32 Å². The van der Waals surface area contributed by atoms with Crippen LogP contribution in [-0.2, 0) is 9.59 Å². The third-order valence-corrected chi connectivity index (χ3v) is 3.29. The summed E-state index contributed by atoms with van der Waals surface area (Å²) in [6.45, 7) is 6.01. The number of nitrogens with one attached hydrogen (secondary N) is 2. The zero-order chi connectivity index (χ0) is 15.2. The quantitative estimate of drug-likeness (QED) is 0.698. The molecule has 1 rings (SSSR count). The molecule has 0 radical (unpaired) electrons. The Kier molecular flexibility index (Phi) is 5.55. The van der Waals surface area contributed by atoms with Crippen molar-refractivity contribution in [3.8, 4) is 5.75 Å². The van der Waals surface area contributed by atoms with E-state index in [1.165, 1.54) is 12.1 Å². The second-order valence-corrected chi connectivity index (χ2v) is 5.34. The van der Waals surface area contributed by atoms with E-state index >= 15 is 0 Å². The third kappa shape index (κ3) is 4.91. The fourth-order valence-electron chi connectivity index (χ4n) is 1.46. The molecule has 0 saturated heterocycles. The fourth-order valence-corrected chi connectivity index (χ4v) is 1.46. The molecule has 0 fully saturated rings. The van der Waals surface area contributed by atoms with Gasteiger partial charge >= 0.3 is 0 Å².